The maximum atomic E-state index is 10.6. The number of halogens is 1. The van der Waals surface area contributed by atoms with E-state index in [0.717, 1.165) is 35.7 Å². The van der Waals surface area contributed by atoms with Gasteiger partial charge in [-0.05, 0) is 30.5 Å². The summed E-state index contributed by atoms with van der Waals surface area (Å²) < 4.78 is 1.04. The summed E-state index contributed by atoms with van der Waals surface area (Å²) in [6.07, 6.45) is 7.18. The van der Waals surface area contributed by atoms with Gasteiger partial charge in [-0.1, -0.05) is 47.3 Å². The largest absolute Gasteiger partial charge is 0.235 e. The molecule has 0 aliphatic heterocycles. The molecule has 0 N–H and O–H groups in total. The third kappa shape index (κ3) is 2.26. The molecule has 0 heterocycles. The fourth-order valence-corrected chi connectivity index (χ4v) is 2.87. The average molecular weight is 280 g/mol. The van der Waals surface area contributed by atoms with Crippen LogP contribution in [0.1, 0.15) is 37.7 Å². The molecule has 0 saturated heterocycles. The number of nitrogens with zero attached hydrogens (tertiary/aromatic N) is 1. The molecule has 0 bridgehead atoms. The van der Waals surface area contributed by atoms with Crippen LogP contribution in [0.4, 0.5) is 0 Å². The zero-order chi connectivity index (χ0) is 11.4. The van der Waals surface area contributed by atoms with Gasteiger partial charge in [0.2, 0.25) is 6.08 Å². The molecule has 1 aliphatic rings. The zero-order valence-electron chi connectivity index (χ0n) is 9.08. The molecule has 0 spiro atoms. The van der Waals surface area contributed by atoms with Crippen LogP contribution < -0.4 is 0 Å². The van der Waals surface area contributed by atoms with Crippen molar-refractivity contribution in [2.24, 2.45) is 4.99 Å². The van der Waals surface area contributed by atoms with Crippen molar-refractivity contribution in [2.45, 2.75) is 37.6 Å². The highest BCUT2D eigenvalue weighted by molar-refractivity contribution is 9.10. The first-order valence-electron chi connectivity index (χ1n) is 5.62. The van der Waals surface area contributed by atoms with Gasteiger partial charge in [0.1, 0.15) is 0 Å². The van der Waals surface area contributed by atoms with E-state index in [-0.39, 0.29) is 5.54 Å². The first-order chi connectivity index (χ1) is 7.77. The Kier molecular flexibility index (Phi) is 3.57. The van der Waals surface area contributed by atoms with E-state index in [2.05, 4.69) is 33.1 Å². The summed E-state index contributed by atoms with van der Waals surface area (Å²) in [6, 6.07) is 8.10. The Balaban J connectivity index is 2.42. The summed E-state index contributed by atoms with van der Waals surface area (Å²) in [4.78, 5) is 14.7. The van der Waals surface area contributed by atoms with Gasteiger partial charge in [-0.25, -0.2) is 4.79 Å². The Labute approximate surface area is 104 Å². The molecule has 0 atom stereocenters. The standard InChI is InChI=1S/C13H14BrNO/c14-12-6-4-5-11(9-12)13(15-10-16)7-2-1-3-8-13/h4-6,9H,1-3,7-8H2. The predicted octanol–water partition coefficient (Wildman–Crippen LogP) is 3.94. The number of rotatable bonds is 2. The zero-order valence-corrected chi connectivity index (χ0v) is 10.7. The van der Waals surface area contributed by atoms with Crippen LogP contribution in [0.15, 0.2) is 33.7 Å². The Morgan fingerprint density at radius 3 is 2.62 bits per heavy atom. The van der Waals surface area contributed by atoms with Gasteiger partial charge in [0.05, 0.1) is 5.54 Å². The summed E-state index contributed by atoms with van der Waals surface area (Å²) >= 11 is 3.46. The molecule has 0 aromatic heterocycles. The van der Waals surface area contributed by atoms with Crippen LogP contribution in [0.2, 0.25) is 0 Å². The van der Waals surface area contributed by atoms with Crippen LogP contribution in [0.3, 0.4) is 0 Å². The number of benzene rings is 1. The van der Waals surface area contributed by atoms with E-state index in [0.29, 0.717) is 0 Å². The van der Waals surface area contributed by atoms with Gasteiger partial charge in [0.15, 0.2) is 0 Å². The number of aliphatic imine (C=N–C) groups is 1. The van der Waals surface area contributed by atoms with Crippen molar-refractivity contribution in [3.63, 3.8) is 0 Å². The van der Waals surface area contributed by atoms with Crippen molar-refractivity contribution >= 4 is 22.0 Å². The number of isocyanates is 1. The van der Waals surface area contributed by atoms with E-state index in [9.17, 15) is 4.79 Å². The van der Waals surface area contributed by atoms with Crippen molar-refractivity contribution in [3.05, 3.63) is 34.3 Å². The molecule has 1 aliphatic carbocycles. The molecular formula is C13H14BrNO. The minimum atomic E-state index is -0.316. The second-order valence-corrected chi connectivity index (χ2v) is 5.22. The summed E-state index contributed by atoms with van der Waals surface area (Å²) in [5.74, 6) is 0. The molecule has 0 radical (unpaired) electrons. The topological polar surface area (TPSA) is 29.4 Å². The number of carbonyl (C=O) groups excluding carboxylic acids is 1. The van der Waals surface area contributed by atoms with Crippen LogP contribution in [-0.4, -0.2) is 6.08 Å². The highest BCUT2D eigenvalue weighted by Crippen LogP contribution is 2.40. The lowest BCUT2D eigenvalue weighted by Crippen LogP contribution is -2.26. The van der Waals surface area contributed by atoms with Crippen molar-refractivity contribution in [1.29, 1.82) is 0 Å². The van der Waals surface area contributed by atoms with Gasteiger partial charge in [0.25, 0.3) is 0 Å². The monoisotopic (exact) mass is 279 g/mol. The van der Waals surface area contributed by atoms with Crippen molar-refractivity contribution in [3.8, 4) is 0 Å². The minimum absolute atomic E-state index is 0.316. The van der Waals surface area contributed by atoms with E-state index in [1.165, 1.54) is 6.42 Å². The fraction of sp³-hybridized carbons (Fsp3) is 0.462. The lowest BCUT2D eigenvalue weighted by atomic mass is 9.77. The lowest BCUT2D eigenvalue weighted by molar-refractivity contribution is 0.304. The quantitative estimate of drug-likeness (QED) is 0.596. The fourth-order valence-electron chi connectivity index (χ4n) is 2.47. The molecule has 16 heavy (non-hydrogen) atoms. The van der Waals surface area contributed by atoms with Crippen LogP contribution >= 0.6 is 15.9 Å². The minimum Gasteiger partial charge on any atom is -0.211 e. The van der Waals surface area contributed by atoms with Crippen LogP contribution in [0.25, 0.3) is 0 Å². The van der Waals surface area contributed by atoms with Crippen molar-refractivity contribution < 1.29 is 4.79 Å². The second kappa shape index (κ2) is 4.94. The molecule has 2 rings (SSSR count). The molecule has 1 aromatic carbocycles. The lowest BCUT2D eigenvalue weighted by Gasteiger charge is -2.32. The molecule has 0 amide bonds. The van der Waals surface area contributed by atoms with E-state index in [1.807, 2.05) is 12.1 Å². The molecule has 84 valence electrons. The first-order valence-corrected chi connectivity index (χ1v) is 6.41. The Morgan fingerprint density at radius 2 is 2.00 bits per heavy atom. The highest BCUT2D eigenvalue weighted by atomic mass is 79.9. The summed E-state index contributed by atoms with van der Waals surface area (Å²) in [7, 11) is 0. The van der Waals surface area contributed by atoms with E-state index in [4.69, 9.17) is 0 Å². The molecule has 0 unspecified atom stereocenters. The van der Waals surface area contributed by atoms with Gasteiger partial charge in [-0.2, -0.15) is 4.99 Å². The molecule has 1 fully saturated rings. The van der Waals surface area contributed by atoms with E-state index in [1.54, 1.807) is 6.08 Å². The molecule has 1 aromatic rings. The Hall–Kier alpha value is -0.920. The number of hydrogen-bond acceptors (Lipinski definition) is 2. The molecule has 2 nitrogen and oxygen atoms in total. The van der Waals surface area contributed by atoms with Gasteiger partial charge in [-0.15, -0.1) is 0 Å². The second-order valence-electron chi connectivity index (χ2n) is 4.31. The van der Waals surface area contributed by atoms with Gasteiger partial charge < -0.3 is 0 Å². The Morgan fingerprint density at radius 1 is 1.25 bits per heavy atom. The maximum absolute atomic E-state index is 10.6. The molecule has 1 saturated carbocycles. The SMILES string of the molecule is O=C=NC1(c2cccc(Br)c2)CCCCC1. The average Bonchev–Trinajstić information content (AvgIpc) is 2.31. The van der Waals surface area contributed by atoms with Gasteiger partial charge in [0, 0.05) is 4.47 Å². The normalized spacial score (nSPS) is 18.8. The van der Waals surface area contributed by atoms with Crippen LogP contribution in [0, 0.1) is 0 Å². The number of hydrogen-bond donors (Lipinski definition) is 0. The maximum Gasteiger partial charge on any atom is 0.235 e. The smallest absolute Gasteiger partial charge is 0.211 e. The van der Waals surface area contributed by atoms with Crippen LogP contribution in [-0.2, 0) is 10.3 Å². The third-order valence-corrected chi connectivity index (χ3v) is 3.80. The van der Waals surface area contributed by atoms with Crippen LogP contribution in [0.5, 0.6) is 0 Å². The van der Waals surface area contributed by atoms with E-state index >= 15 is 0 Å². The third-order valence-electron chi connectivity index (χ3n) is 3.30. The van der Waals surface area contributed by atoms with Crippen molar-refractivity contribution in [2.75, 3.05) is 0 Å². The highest BCUT2D eigenvalue weighted by Gasteiger charge is 2.33. The first kappa shape index (κ1) is 11.6. The summed E-state index contributed by atoms with van der Waals surface area (Å²) in [5.41, 5.74) is 0.814. The van der Waals surface area contributed by atoms with E-state index < -0.39 is 0 Å². The van der Waals surface area contributed by atoms with Gasteiger partial charge in [-0.3, -0.25) is 0 Å². The summed E-state index contributed by atoms with van der Waals surface area (Å²) in [6.45, 7) is 0. The Bertz CT molecular complexity index is 418. The van der Waals surface area contributed by atoms with Crippen molar-refractivity contribution in [1.82, 2.24) is 0 Å². The molecule has 3 heteroatoms. The summed E-state index contributed by atoms with van der Waals surface area (Å²) in [5, 5.41) is 0. The predicted molar refractivity (Wildman–Crippen MR) is 67.0 cm³/mol. The van der Waals surface area contributed by atoms with Gasteiger partial charge >= 0.3 is 0 Å². The molecular weight excluding hydrogens is 266 g/mol.